The van der Waals surface area contributed by atoms with Gasteiger partial charge < -0.3 is 14.4 Å². The third-order valence-corrected chi connectivity index (χ3v) is 3.90. The van der Waals surface area contributed by atoms with Crippen molar-refractivity contribution < 1.29 is 14.4 Å². The lowest BCUT2D eigenvalue weighted by Gasteiger charge is -2.04. The molecule has 0 aliphatic heterocycles. The monoisotopic (exact) mass is 294 g/mol. The number of nitrogens with zero attached hydrogens (tertiary/aromatic N) is 2. The summed E-state index contributed by atoms with van der Waals surface area (Å²) in [5, 5.41) is 13.5. The highest BCUT2D eigenvalue weighted by Crippen LogP contribution is 2.24. The van der Waals surface area contributed by atoms with Crippen LogP contribution in [0.2, 0.25) is 0 Å². The van der Waals surface area contributed by atoms with Gasteiger partial charge in [0.25, 0.3) is 0 Å². The van der Waals surface area contributed by atoms with Crippen LogP contribution in [0.15, 0.2) is 33.7 Å². The summed E-state index contributed by atoms with van der Waals surface area (Å²) in [6.45, 7) is 2.33. The van der Waals surface area contributed by atoms with E-state index in [9.17, 15) is 5.11 Å². The van der Waals surface area contributed by atoms with Gasteiger partial charge in [-0.15, -0.1) is 11.8 Å². The Balaban J connectivity index is 1.88. The van der Waals surface area contributed by atoms with Crippen LogP contribution in [0.3, 0.4) is 0 Å². The van der Waals surface area contributed by atoms with Gasteiger partial charge in [-0.1, -0.05) is 23.4 Å². The molecule has 2 rings (SSSR count). The Bertz CT molecular complexity index is 545. The molecule has 0 fully saturated rings. The lowest BCUT2D eigenvalue weighted by Crippen LogP contribution is -2.17. The molecule has 0 saturated carbocycles. The van der Waals surface area contributed by atoms with E-state index >= 15 is 0 Å². The smallest absolute Gasteiger partial charge is 0.229 e. The summed E-state index contributed by atoms with van der Waals surface area (Å²) < 4.78 is 9.97. The van der Waals surface area contributed by atoms with E-state index in [1.54, 1.807) is 18.9 Å². The van der Waals surface area contributed by atoms with Gasteiger partial charge >= 0.3 is 0 Å². The second kappa shape index (κ2) is 7.42. The van der Waals surface area contributed by atoms with Crippen LogP contribution in [0.1, 0.15) is 17.3 Å². The summed E-state index contributed by atoms with van der Waals surface area (Å²) in [5.74, 6) is 1.72. The first-order valence-electron chi connectivity index (χ1n) is 6.36. The van der Waals surface area contributed by atoms with E-state index in [0.29, 0.717) is 23.9 Å². The maximum absolute atomic E-state index is 9.60. The van der Waals surface area contributed by atoms with Crippen molar-refractivity contribution in [2.24, 2.45) is 0 Å². The summed E-state index contributed by atoms with van der Waals surface area (Å²) in [6.07, 6.45) is -0.298. The van der Waals surface area contributed by atoms with Crippen molar-refractivity contribution >= 4 is 11.8 Å². The summed E-state index contributed by atoms with van der Waals surface area (Å²) >= 11 is 1.67. The molecule has 1 aromatic carbocycles. The lowest BCUT2D eigenvalue weighted by molar-refractivity contribution is 0.0599. The molecular weight excluding hydrogens is 276 g/mol. The number of methoxy groups -OCH3 is 1. The zero-order chi connectivity index (χ0) is 14.4. The van der Waals surface area contributed by atoms with Crippen LogP contribution in [0.4, 0.5) is 0 Å². The average Bonchev–Trinajstić information content (AvgIpc) is 2.85. The van der Waals surface area contributed by atoms with Crippen molar-refractivity contribution in [1.82, 2.24) is 10.1 Å². The second-order valence-corrected chi connectivity index (χ2v) is 5.49. The van der Waals surface area contributed by atoms with Crippen LogP contribution >= 0.6 is 11.8 Å². The molecule has 0 aliphatic rings. The molecule has 1 N–H and O–H groups in total. The van der Waals surface area contributed by atoms with E-state index in [2.05, 4.69) is 29.2 Å². The molecule has 1 atom stereocenters. The highest BCUT2D eigenvalue weighted by molar-refractivity contribution is 7.98. The van der Waals surface area contributed by atoms with Crippen LogP contribution in [-0.2, 0) is 16.9 Å². The molecular formula is C14H18N2O3S. The Morgan fingerprint density at radius 3 is 2.95 bits per heavy atom. The number of aliphatic hydroxyl groups excluding tert-OH is 1. The summed E-state index contributed by atoms with van der Waals surface area (Å²) in [5.41, 5.74) is 1.23. The van der Waals surface area contributed by atoms with Crippen molar-refractivity contribution in [3.8, 4) is 0 Å². The molecule has 1 unspecified atom stereocenters. The van der Waals surface area contributed by atoms with E-state index in [4.69, 9.17) is 9.26 Å². The quantitative estimate of drug-likeness (QED) is 0.790. The molecule has 0 spiro atoms. The molecule has 6 heteroatoms. The predicted octanol–water partition coefficient (Wildman–Crippen LogP) is 2.22. The number of aryl methyl sites for hydroxylation is 1. The third-order valence-electron chi connectivity index (χ3n) is 2.73. The number of hydrogen-bond acceptors (Lipinski definition) is 6. The number of aliphatic hydroxyl groups is 1. The first-order valence-corrected chi connectivity index (χ1v) is 7.34. The normalized spacial score (nSPS) is 12.6. The Morgan fingerprint density at radius 2 is 2.20 bits per heavy atom. The first-order chi connectivity index (χ1) is 9.69. The van der Waals surface area contributed by atoms with E-state index < -0.39 is 6.10 Å². The molecule has 1 aromatic heterocycles. The number of thioether (sulfide) groups is 1. The SMILES string of the molecule is COCC(O)Cc1nc(CSc2ccccc2C)no1. The third kappa shape index (κ3) is 4.33. The van der Waals surface area contributed by atoms with Gasteiger partial charge in [0, 0.05) is 12.0 Å². The van der Waals surface area contributed by atoms with Gasteiger partial charge in [0.2, 0.25) is 5.89 Å². The first kappa shape index (κ1) is 15.0. The average molecular weight is 294 g/mol. The fraction of sp³-hybridized carbons (Fsp3) is 0.429. The molecule has 20 heavy (non-hydrogen) atoms. The second-order valence-electron chi connectivity index (χ2n) is 4.47. The number of rotatable bonds is 7. The lowest BCUT2D eigenvalue weighted by atomic mass is 10.2. The molecule has 0 bridgehead atoms. The van der Waals surface area contributed by atoms with Crippen molar-refractivity contribution in [2.45, 2.75) is 30.1 Å². The van der Waals surface area contributed by atoms with Gasteiger partial charge in [0.15, 0.2) is 5.82 Å². The number of ether oxygens (including phenoxy) is 1. The van der Waals surface area contributed by atoms with E-state index in [0.717, 1.165) is 0 Å². The molecule has 1 heterocycles. The summed E-state index contributed by atoms with van der Waals surface area (Å²) in [4.78, 5) is 5.47. The van der Waals surface area contributed by atoms with Crippen molar-refractivity contribution in [1.29, 1.82) is 0 Å². The van der Waals surface area contributed by atoms with Gasteiger partial charge in [0.05, 0.1) is 24.9 Å². The molecule has 0 saturated heterocycles. The van der Waals surface area contributed by atoms with Crippen LogP contribution in [0.25, 0.3) is 0 Å². The Kier molecular flexibility index (Phi) is 5.58. The van der Waals surface area contributed by atoms with Crippen molar-refractivity contribution in [3.63, 3.8) is 0 Å². The van der Waals surface area contributed by atoms with Gasteiger partial charge in [-0.25, -0.2) is 0 Å². The van der Waals surface area contributed by atoms with Gasteiger partial charge in [-0.2, -0.15) is 4.98 Å². The van der Waals surface area contributed by atoms with Crippen molar-refractivity contribution in [3.05, 3.63) is 41.5 Å². The molecule has 0 amide bonds. The zero-order valence-electron chi connectivity index (χ0n) is 11.6. The predicted molar refractivity (Wildman–Crippen MR) is 76.6 cm³/mol. The van der Waals surface area contributed by atoms with Crippen LogP contribution < -0.4 is 0 Å². The minimum Gasteiger partial charge on any atom is -0.390 e. The molecule has 108 valence electrons. The van der Waals surface area contributed by atoms with Crippen LogP contribution in [0.5, 0.6) is 0 Å². The van der Waals surface area contributed by atoms with E-state index in [1.165, 1.54) is 10.5 Å². The number of aromatic nitrogens is 2. The minimum absolute atomic E-state index is 0.260. The highest BCUT2D eigenvalue weighted by atomic mass is 32.2. The molecule has 0 aliphatic carbocycles. The molecule has 5 nitrogen and oxygen atoms in total. The fourth-order valence-electron chi connectivity index (χ4n) is 1.75. The fourth-order valence-corrected chi connectivity index (χ4v) is 2.62. The highest BCUT2D eigenvalue weighted by Gasteiger charge is 2.12. The maximum atomic E-state index is 9.60. The van der Waals surface area contributed by atoms with Crippen LogP contribution in [-0.4, -0.2) is 35.1 Å². The maximum Gasteiger partial charge on any atom is 0.229 e. The van der Waals surface area contributed by atoms with E-state index in [1.807, 2.05) is 12.1 Å². The Morgan fingerprint density at radius 1 is 1.40 bits per heavy atom. The van der Waals surface area contributed by atoms with Crippen molar-refractivity contribution in [2.75, 3.05) is 13.7 Å². The summed E-state index contributed by atoms with van der Waals surface area (Å²) in [7, 11) is 1.54. The number of hydrogen-bond donors (Lipinski definition) is 1. The van der Waals surface area contributed by atoms with Gasteiger partial charge in [-0.05, 0) is 18.6 Å². The molecule has 0 radical (unpaired) electrons. The number of benzene rings is 1. The standard InChI is InChI=1S/C14H18N2O3S/c1-10-5-3-4-6-12(10)20-9-13-15-14(19-16-13)7-11(17)8-18-2/h3-6,11,17H,7-9H2,1-2H3. The summed E-state index contributed by atoms with van der Waals surface area (Å²) in [6, 6.07) is 8.18. The van der Waals surface area contributed by atoms with Gasteiger partial charge in [-0.3, -0.25) is 0 Å². The van der Waals surface area contributed by atoms with E-state index in [-0.39, 0.29) is 6.61 Å². The largest absolute Gasteiger partial charge is 0.390 e. The minimum atomic E-state index is -0.614. The molecule has 2 aromatic rings. The van der Waals surface area contributed by atoms with Crippen LogP contribution in [0, 0.1) is 6.92 Å². The Hall–Kier alpha value is -1.37. The topological polar surface area (TPSA) is 68.4 Å². The van der Waals surface area contributed by atoms with Gasteiger partial charge in [0.1, 0.15) is 0 Å². The Labute approximate surface area is 122 Å². The zero-order valence-corrected chi connectivity index (χ0v) is 12.4.